The maximum atomic E-state index is 14.9. The molecular formula is C20H21F2NO3. The van der Waals surface area contributed by atoms with Gasteiger partial charge in [-0.3, -0.25) is 4.79 Å². The molecule has 6 heteroatoms. The van der Waals surface area contributed by atoms with Crippen molar-refractivity contribution >= 4 is 11.5 Å². The summed E-state index contributed by atoms with van der Waals surface area (Å²) in [6, 6.07) is 9.36. The number of aliphatic hydroxyl groups excluding tert-OH is 1. The van der Waals surface area contributed by atoms with E-state index in [1.807, 2.05) is 13.8 Å². The average molecular weight is 361 g/mol. The van der Waals surface area contributed by atoms with Crippen LogP contribution < -0.4 is 4.90 Å². The fourth-order valence-electron chi connectivity index (χ4n) is 3.40. The number of nitrogens with zero attached hydrogens (tertiary/aromatic N) is 1. The van der Waals surface area contributed by atoms with Crippen LogP contribution in [0.3, 0.4) is 0 Å². The summed E-state index contributed by atoms with van der Waals surface area (Å²) in [4.78, 5) is 14.2. The van der Waals surface area contributed by atoms with Crippen LogP contribution in [0.4, 0.5) is 14.5 Å². The van der Waals surface area contributed by atoms with Crippen LogP contribution in [-0.2, 0) is 11.3 Å². The van der Waals surface area contributed by atoms with E-state index >= 15 is 0 Å². The number of anilines is 1. The summed E-state index contributed by atoms with van der Waals surface area (Å²) < 4.78 is 35.3. The highest BCUT2D eigenvalue weighted by Gasteiger charge is 2.30. The fourth-order valence-corrected chi connectivity index (χ4v) is 3.40. The molecule has 0 radical (unpaired) electrons. The molecule has 0 amide bonds. The Labute approximate surface area is 151 Å². The number of benzene rings is 2. The van der Waals surface area contributed by atoms with Crippen LogP contribution in [-0.4, -0.2) is 36.2 Å². The molecule has 26 heavy (non-hydrogen) atoms. The Morgan fingerprint density at radius 3 is 2.35 bits per heavy atom. The smallest absolute Gasteiger partial charge is 0.196 e. The van der Waals surface area contributed by atoms with Crippen molar-refractivity contribution < 1.29 is 23.4 Å². The summed E-state index contributed by atoms with van der Waals surface area (Å²) in [7, 11) is 0. The summed E-state index contributed by atoms with van der Waals surface area (Å²) >= 11 is 0. The Bertz CT molecular complexity index is 800. The van der Waals surface area contributed by atoms with E-state index in [1.165, 1.54) is 18.2 Å². The molecule has 1 aliphatic heterocycles. The molecule has 138 valence electrons. The molecule has 0 unspecified atom stereocenters. The van der Waals surface area contributed by atoms with Crippen molar-refractivity contribution in [1.82, 2.24) is 0 Å². The highest BCUT2D eigenvalue weighted by atomic mass is 19.2. The molecule has 2 atom stereocenters. The van der Waals surface area contributed by atoms with Crippen LogP contribution in [0, 0.1) is 11.6 Å². The number of halogens is 2. The first-order chi connectivity index (χ1) is 12.4. The number of ketones is 1. The standard InChI is InChI=1S/C20H21F2NO3/c1-12-9-23(10-13(2)26-12)19-15(11-24)8-16(17(21)18(19)22)20(25)14-6-4-3-5-7-14/h3-8,12-13,24H,9-11H2,1-2H3/t12-,13+. The third-order valence-electron chi connectivity index (χ3n) is 4.45. The Hall–Kier alpha value is -2.31. The lowest BCUT2D eigenvalue weighted by Gasteiger charge is -2.38. The van der Waals surface area contributed by atoms with Crippen LogP contribution in [0.2, 0.25) is 0 Å². The maximum Gasteiger partial charge on any atom is 0.196 e. The van der Waals surface area contributed by atoms with Crippen LogP contribution in [0.15, 0.2) is 36.4 Å². The van der Waals surface area contributed by atoms with Crippen LogP contribution in [0.5, 0.6) is 0 Å². The molecule has 0 aromatic heterocycles. The van der Waals surface area contributed by atoms with Gasteiger partial charge in [0.05, 0.1) is 30.1 Å². The molecule has 0 spiro atoms. The van der Waals surface area contributed by atoms with Crippen molar-refractivity contribution in [3.05, 3.63) is 64.7 Å². The summed E-state index contributed by atoms with van der Waals surface area (Å²) in [6.07, 6.45) is -0.309. The van der Waals surface area contributed by atoms with Gasteiger partial charge < -0.3 is 14.7 Å². The number of rotatable bonds is 4. The van der Waals surface area contributed by atoms with Crippen molar-refractivity contribution in [3.8, 4) is 0 Å². The van der Waals surface area contributed by atoms with Gasteiger partial charge >= 0.3 is 0 Å². The monoisotopic (exact) mass is 361 g/mol. The van der Waals surface area contributed by atoms with E-state index in [1.54, 1.807) is 23.1 Å². The number of carbonyl (C=O) groups is 1. The van der Waals surface area contributed by atoms with Gasteiger partial charge in [0.15, 0.2) is 17.4 Å². The molecule has 2 aromatic carbocycles. The van der Waals surface area contributed by atoms with E-state index in [0.717, 1.165) is 0 Å². The quantitative estimate of drug-likeness (QED) is 0.849. The van der Waals surface area contributed by atoms with Crippen LogP contribution in [0.1, 0.15) is 35.3 Å². The zero-order valence-electron chi connectivity index (χ0n) is 14.7. The van der Waals surface area contributed by atoms with Gasteiger partial charge in [-0.15, -0.1) is 0 Å². The highest BCUT2D eigenvalue weighted by Crippen LogP contribution is 2.32. The summed E-state index contributed by atoms with van der Waals surface area (Å²) in [5.41, 5.74) is 0.0630. The Morgan fingerprint density at radius 2 is 1.77 bits per heavy atom. The van der Waals surface area contributed by atoms with Gasteiger partial charge in [-0.2, -0.15) is 0 Å². The number of hydrogen-bond donors (Lipinski definition) is 1. The molecule has 4 nitrogen and oxygen atoms in total. The van der Waals surface area contributed by atoms with Gasteiger partial charge in [0, 0.05) is 24.2 Å². The first-order valence-electron chi connectivity index (χ1n) is 8.54. The largest absolute Gasteiger partial charge is 0.392 e. The number of morpholine rings is 1. The SMILES string of the molecule is C[C@@H]1CN(c2c(CO)cc(C(=O)c3ccccc3)c(F)c2F)C[C@H](C)O1. The fraction of sp³-hybridized carbons (Fsp3) is 0.350. The lowest BCUT2D eigenvalue weighted by molar-refractivity contribution is -0.00554. The highest BCUT2D eigenvalue weighted by molar-refractivity contribution is 6.09. The molecule has 2 aromatic rings. The normalized spacial score (nSPS) is 20.3. The van der Waals surface area contributed by atoms with Crippen LogP contribution in [0.25, 0.3) is 0 Å². The molecule has 1 aliphatic rings. The molecule has 3 rings (SSSR count). The van der Waals surface area contributed by atoms with Crippen molar-refractivity contribution in [1.29, 1.82) is 0 Å². The average Bonchev–Trinajstić information content (AvgIpc) is 2.63. The molecular weight excluding hydrogens is 340 g/mol. The van der Waals surface area contributed by atoms with Crippen molar-refractivity contribution in [2.24, 2.45) is 0 Å². The predicted octanol–water partition coefficient (Wildman–Crippen LogP) is 3.30. The molecule has 0 aliphatic carbocycles. The van der Waals surface area contributed by atoms with Gasteiger partial charge in [-0.05, 0) is 19.9 Å². The maximum absolute atomic E-state index is 14.9. The molecule has 0 bridgehead atoms. The molecule has 1 fully saturated rings. The van der Waals surface area contributed by atoms with Gasteiger partial charge in [0.25, 0.3) is 0 Å². The van der Waals surface area contributed by atoms with E-state index in [9.17, 15) is 18.7 Å². The minimum absolute atomic E-state index is 0.00314. The molecule has 1 saturated heterocycles. The van der Waals surface area contributed by atoms with E-state index in [-0.39, 0.29) is 34.6 Å². The van der Waals surface area contributed by atoms with E-state index in [2.05, 4.69) is 0 Å². The number of carbonyl (C=O) groups excluding carboxylic acids is 1. The Morgan fingerprint density at radius 1 is 1.15 bits per heavy atom. The third kappa shape index (κ3) is 3.48. The second-order valence-electron chi connectivity index (χ2n) is 6.58. The number of aliphatic hydroxyl groups is 1. The lowest BCUT2D eigenvalue weighted by atomic mass is 9.98. The molecule has 1 heterocycles. The topological polar surface area (TPSA) is 49.8 Å². The third-order valence-corrected chi connectivity index (χ3v) is 4.45. The summed E-state index contributed by atoms with van der Waals surface area (Å²) in [6.45, 7) is 3.95. The summed E-state index contributed by atoms with van der Waals surface area (Å²) in [5, 5.41) is 9.71. The van der Waals surface area contributed by atoms with Crippen molar-refractivity contribution in [3.63, 3.8) is 0 Å². The van der Waals surface area contributed by atoms with E-state index in [4.69, 9.17) is 4.74 Å². The van der Waals surface area contributed by atoms with Crippen LogP contribution >= 0.6 is 0 Å². The Kier molecular flexibility index (Phi) is 5.34. The van der Waals surface area contributed by atoms with Crippen molar-refractivity contribution in [2.45, 2.75) is 32.7 Å². The zero-order valence-corrected chi connectivity index (χ0v) is 14.7. The van der Waals surface area contributed by atoms with E-state index < -0.39 is 24.0 Å². The number of ether oxygens (including phenoxy) is 1. The molecule has 1 N–H and O–H groups in total. The van der Waals surface area contributed by atoms with Gasteiger partial charge in [-0.1, -0.05) is 30.3 Å². The van der Waals surface area contributed by atoms with Gasteiger partial charge in [0.1, 0.15) is 0 Å². The number of hydrogen-bond acceptors (Lipinski definition) is 4. The zero-order chi connectivity index (χ0) is 18.8. The lowest BCUT2D eigenvalue weighted by Crippen LogP contribution is -2.46. The minimum Gasteiger partial charge on any atom is -0.392 e. The second-order valence-corrected chi connectivity index (χ2v) is 6.58. The molecule has 0 saturated carbocycles. The van der Waals surface area contributed by atoms with Gasteiger partial charge in [0.2, 0.25) is 0 Å². The Balaban J connectivity index is 2.06. The summed E-state index contributed by atoms with van der Waals surface area (Å²) in [5.74, 6) is -2.93. The minimum atomic E-state index is -1.20. The second kappa shape index (κ2) is 7.51. The van der Waals surface area contributed by atoms with Gasteiger partial charge in [-0.25, -0.2) is 8.78 Å². The first kappa shape index (κ1) is 18.5. The first-order valence-corrected chi connectivity index (χ1v) is 8.54. The van der Waals surface area contributed by atoms with E-state index in [0.29, 0.717) is 13.1 Å². The predicted molar refractivity (Wildman–Crippen MR) is 94.4 cm³/mol. The van der Waals surface area contributed by atoms with Crippen molar-refractivity contribution in [2.75, 3.05) is 18.0 Å².